The largest absolute Gasteiger partial charge is 0.392 e. The fourth-order valence-electron chi connectivity index (χ4n) is 0.705. The summed E-state index contributed by atoms with van der Waals surface area (Å²) < 4.78 is 0. The predicted octanol–water partition coefficient (Wildman–Crippen LogP) is 0.577. The Morgan fingerprint density at radius 2 is 2.08 bits per heavy atom. The van der Waals surface area contributed by atoms with Gasteiger partial charge in [-0.15, -0.1) is 0 Å². The van der Waals surface area contributed by atoms with Crippen LogP contribution in [0.25, 0.3) is 0 Å². The molecule has 0 radical (unpaired) electrons. The van der Waals surface area contributed by atoms with Crippen molar-refractivity contribution in [3.05, 3.63) is 0 Å². The Morgan fingerprint density at radius 3 is 2.42 bits per heavy atom. The van der Waals surface area contributed by atoms with E-state index in [2.05, 4.69) is 5.32 Å². The van der Waals surface area contributed by atoms with Gasteiger partial charge in [-0.05, 0) is 26.7 Å². The van der Waals surface area contributed by atoms with E-state index in [9.17, 15) is 4.79 Å². The van der Waals surface area contributed by atoms with Gasteiger partial charge in [-0.2, -0.15) is 0 Å². The number of carbonyl (C=O) groups is 1. The van der Waals surface area contributed by atoms with Gasteiger partial charge in [0.2, 0.25) is 5.91 Å². The summed E-state index contributed by atoms with van der Waals surface area (Å²) in [7, 11) is 0. The molecule has 0 heterocycles. The van der Waals surface area contributed by atoms with E-state index in [1.165, 1.54) is 0 Å². The maximum Gasteiger partial charge on any atom is 0.232 e. The number of amides is 1. The lowest BCUT2D eigenvalue weighted by Crippen LogP contribution is -2.45. The van der Waals surface area contributed by atoms with Crippen molar-refractivity contribution in [1.82, 2.24) is 5.32 Å². The van der Waals surface area contributed by atoms with Gasteiger partial charge in [0.1, 0.15) is 0 Å². The van der Waals surface area contributed by atoms with Crippen LogP contribution in [0.1, 0.15) is 26.7 Å². The van der Waals surface area contributed by atoms with Gasteiger partial charge in [0.25, 0.3) is 0 Å². The van der Waals surface area contributed by atoms with E-state index in [1.807, 2.05) is 0 Å². The maximum absolute atomic E-state index is 11.5. The summed E-state index contributed by atoms with van der Waals surface area (Å²) in [4.78, 5) is 11.7. The number of hydrogen-bond acceptors (Lipinski definition) is 2. The topological polar surface area (TPSA) is 55.1 Å². The summed E-state index contributed by atoms with van der Waals surface area (Å²) >= 11 is 4.80. The molecule has 1 fully saturated rings. The highest BCUT2D eigenvalue weighted by molar-refractivity contribution is 7.80. The highest BCUT2D eigenvalue weighted by Crippen LogP contribution is 2.22. The molecule has 1 amide bonds. The van der Waals surface area contributed by atoms with Crippen molar-refractivity contribution in [2.75, 3.05) is 0 Å². The van der Waals surface area contributed by atoms with Gasteiger partial charge in [-0.25, -0.2) is 0 Å². The van der Waals surface area contributed by atoms with E-state index in [0.717, 1.165) is 12.8 Å². The lowest BCUT2D eigenvalue weighted by Gasteiger charge is -2.21. The summed E-state index contributed by atoms with van der Waals surface area (Å²) in [5, 5.41) is 2.87. The number of carbonyl (C=O) groups excluding carboxylic acids is 1. The zero-order valence-electron chi connectivity index (χ0n) is 7.39. The summed E-state index contributed by atoms with van der Waals surface area (Å²) in [5.41, 5.74) is 4.73. The molecule has 1 rings (SSSR count). The van der Waals surface area contributed by atoms with Crippen molar-refractivity contribution in [3.63, 3.8) is 0 Å². The van der Waals surface area contributed by atoms with Gasteiger partial charge >= 0.3 is 0 Å². The molecule has 1 aliphatic rings. The normalized spacial score (nSPS) is 17.2. The van der Waals surface area contributed by atoms with Crippen molar-refractivity contribution < 1.29 is 4.79 Å². The molecular weight excluding hydrogens is 172 g/mol. The van der Waals surface area contributed by atoms with Crippen LogP contribution in [0.4, 0.5) is 0 Å². The lowest BCUT2D eigenvalue weighted by atomic mass is 9.92. The lowest BCUT2D eigenvalue weighted by molar-refractivity contribution is -0.126. The third-order valence-electron chi connectivity index (χ3n) is 2.10. The average Bonchev–Trinajstić information content (AvgIpc) is 2.71. The van der Waals surface area contributed by atoms with Gasteiger partial charge in [-0.3, -0.25) is 4.79 Å². The molecule has 0 bridgehead atoms. The van der Waals surface area contributed by atoms with E-state index < -0.39 is 5.41 Å². The van der Waals surface area contributed by atoms with Crippen LogP contribution in [0.15, 0.2) is 0 Å². The Morgan fingerprint density at radius 1 is 1.58 bits per heavy atom. The minimum atomic E-state index is -0.710. The molecule has 0 saturated heterocycles. The van der Waals surface area contributed by atoms with Gasteiger partial charge in [0, 0.05) is 6.04 Å². The van der Waals surface area contributed by atoms with Crippen molar-refractivity contribution >= 4 is 23.1 Å². The standard InChI is InChI=1S/C8H14N2OS/c1-8(2,6(9)12)7(11)10-5-3-4-5/h5H,3-4H2,1-2H3,(H2,9,12)(H,10,11). The second-order valence-corrected chi connectivity index (χ2v) is 4.18. The third kappa shape index (κ3) is 1.94. The van der Waals surface area contributed by atoms with E-state index in [1.54, 1.807) is 13.8 Å². The molecule has 0 spiro atoms. The molecule has 0 unspecified atom stereocenters. The van der Waals surface area contributed by atoms with Gasteiger partial charge < -0.3 is 11.1 Å². The van der Waals surface area contributed by atoms with Crippen molar-refractivity contribution in [1.29, 1.82) is 0 Å². The Hall–Kier alpha value is -0.640. The molecule has 12 heavy (non-hydrogen) atoms. The number of rotatable bonds is 3. The Labute approximate surface area is 77.7 Å². The van der Waals surface area contributed by atoms with Crippen LogP contribution in [0, 0.1) is 5.41 Å². The molecule has 0 atom stereocenters. The maximum atomic E-state index is 11.5. The van der Waals surface area contributed by atoms with Crippen LogP contribution in [0.2, 0.25) is 0 Å². The third-order valence-corrected chi connectivity index (χ3v) is 2.61. The first-order valence-corrected chi connectivity index (χ1v) is 4.46. The minimum Gasteiger partial charge on any atom is -0.392 e. The van der Waals surface area contributed by atoms with E-state index in [0.29, 0.717) is 6.04 Å². The van der Waals surface area contributed by atoms with Crippen LogP contribution in [0.5, 0.6) is 0 Å². The van der Waals surface area contributed by atoms with E-state index in [-0.39, 0.29) is 10.9 Å². The molecule has 4 heteroatoms. The van der Waals surface area contributed by atoms with Gasteiger partial charge in [-0.1, -0.05) is 12.2 Å². The van der Waals surface area contributed by atoms with Crippen LogP contribution < -0.4 is 11.1 Å². The van der Waals surface area contributed by atoms with Crippen LogP contribution in [-0.4, -0.2) is 16.9 Å². The quantitative estimate of drug-likeness (QED) is 0.634. The average molecular weight is 186 g/mol. The molecule has 0 aromatic carbocycles. The number of nitrogens with one attached hydrogen (secondary N) is 1. The summed E-state index contributed by atoms with van der Waals surface area (Å²) in [6.07, 6.45) is 2.16. The molecule has 1 saturated carbocycles. The molecular formula is C8H14N2OS. The molecule has 0 aromatic heterocycles. The molecule has 0 aromatic rings. The highest BCUT2D eigenvalue weighted by atomic mass is 32.1. The van der Waals surface area contributed by atoms with E-state index >= 15 is 0 Å². The molecule has 68 valence electrons. The van der Waals surface area contributed by atoms with Gasteiger partial charge in [0.05, 0.1) is 10.4 Å². The minimum absolute atomic E-state index is 0.0579. The SMILES string of the molecule is CC(C)(C(=O)NC1CC1)C(N)=S. The highest BCUT2D eigenvalue weighted by Gasteiger charge is 2.34. The van der Waals surface area contributed by atoms with Crippen LogP contribution in [-0.2, 0) is 4.79 Å². The summed E-state index contributed by atoms with van der Waals surface area (Å²) in [6.45, 7) is 3.49. The second-order valence-electron chi connectivity index (χ2n) is 3.74. The summed E-state index contributed by atoms with van der Waals surface area (Å²) in [6, 6.07) is 0.367. The Balaban J connectivity index is 2.53. The summed E-state index contributed by atoms with van der Waals surface area (Å²) in [5.74, 6) is -0.0579. The molecule has 3 N–H and O–H groups in total. The number of hydrogen-bond donors (Lipinski definition) is 2. The second kappa shape index (κ2) is 3.01. The van der Waals surface area contributed by atoms with Crippen molar-refractivity contribution in [3.8, 4) is 0 Å². The Bertz CT molecular complexity index is 221. The first kappa shape index (κ1) is 9.45. The number of thiocarbonyl (C=S) groups is 1. The monoisotopic (exact) mass is 186 g/mol. The van der Waals surface area contributed by atoms with Crippen molar-refractivity contribution in [2.24, 2.45) is 11.1 Å². The van der Waals surface area contributed by atoms with E-state index in [4.69, 9.17) is 18.0 Å². The first-order chi connectivity index (χ1) is 5.44. The first-order valence-electron chi connectivity index (χ1n) is 4.05. The zero-order valence-corrected chi connectivity index (χ0v) is 8.20. The van der Waals surface area contributed by atoms with Crippen LogP contribution in [0.3, 0.4) is 0 Å². The molecule has 1 aliphatic carbocycles. The van der Waals surface area contributed by atoms with Gasteiger partial charge in [0.15, 0.2) is 0 Å². The molecule has 3 nitrogen and oxygen atoms in total. The van der Waals surface area contributed by atoms with Crippen molar-refractivity contribution in [2.45, 2.75) is 32.7 Å². The molecule has 0 aliphatic heterocycles. The predicted molar refractivity (Wildman–Crippen MR) is 51.7 cm³/mol. The zero-order chi connectivity index (χ0) is 9.35. The fraction of sp³-hybridized carbons (Fsp3) is 0.750. The Kier molecular flexibility index (Phi) is 2.37. The number of nitrogens with two attached hydrogens (primary N) is 1. The smallest absolute Gasteiger partial charge is 0.232 e. The van der Waals surface area contributed by atoms with Crippen LogP contribution >= 0.6 is 12.2 Å². The fourth-order valence-corrected chi connectivity index (χ4v) is 0.798.